The first-order chi connectivity index (χ1) is 5.50. The maximum absolute atomic E-state index is 11.1. The molecule has 0 saturated heterocycles. The Balaban J connectivity index is 4.58. The fraction of sp³-hybridized carbons (Fsp3) is 1.00. The quantitative estimate of drug-likeness (QED) is 0.412. The van der Waals surface area contributed by atoms with E-state index in [4.69, 9.17) is 23.2 Å². The summed E-state index contributed by atoms with van der Waals surface area (Å²) in [6, 6.07) is 0. The summed E-state index contributed by atoms with van der Waals surface area (Å²) in [5.41, 5.74) is 0. The molecule has 0 aromatic rings. The minimum absolute atomic E-state index is 0.702. The molecular formula is C5H11BO5S. The number of hydrogen-bond donors (Lipinski definition) is 3. The predicted molar refractivity (Wildman–Crippen MR) is 43.5 cm³/mol. The Kier molecular flexibility index (Phi) is 4.77. The van der Waals surface area contributed by atoms with Gasteiger partial charge in [0.2, 0.25) is 0 Å². The number of sulfone groups is 1. The average Bonchev–Trinajstić information content (AvgIpc) is 2.04. The van der Waals surface area contributed by atoms with Gasteiger partial charge in [-0.2, -0.15) is 0 Å². The maximum atomic E-state index is 11.1. The SMILES string of the molecule is [B][C@@H](CO)S(=O)(=O)C(CO)CO. The van der Waals surface area contributed by atoms with Crippen LogP contribution in [-0.4, -0.2) is 61.8 Å². The highest BCUT2D eigenvalue weighted by Gasteiger charge is 2.29. The van der Waals surface area contributed by atoms with E-state index in [-0.39, 0.29) is 0 Å². The zero-order valence-corrected chi connectivity index (χ0v) is 7.24. The lowest BCUT2D eigenvalue weighted by molar-refractivity contribution is 0.222. The first kappa shape index (κ1) is 11.9. The van der Waals surface area contributed by atoms with Crippen molar-refractivity contribution in [3.05, 3.63) is 0 Å². The molecule has 2 radical (unpaired) electrons. The Bertz CT molecular complexity index is 210. The lowest BCUT2D eigenvalue weighted by Crippen LogP contribution is -2.39. The van der Waals surface area contributed by atoms with Gasteiger partial charge in [-0.15, -0.1) is 0 Å². The van der Waals surface area contributed by atoms with Gasteiger partial charge in [0.15, 0.2) is 9.84 Å². The normalized spacial score (nSPS) is 15.0. The number of hydrogen-bond acceptors (Lipinski definition) is 5. The average molecular weight is 194 g/mol. The molecule has 0 heterocycles. The summed E-state index contributed by atoms with van der Waals surface area (Å²) >= 11 is 0. The van der Waals surface area contributed by atoms with Crippen molar-refractivity contribution < 1.29 is 23.7 Å². The molecule has 0 fully saturated rings. The predicted octanol–water partition coefficient (Wildman–Crippen LogP) is -2.76. The van der Waals surface area contributed by atoms with Crippen molar-refractivity contribution in [3.63, 3.8) is 0 Å². The molecule has 3 N–H and O–H groups in total. The van der Waals surface area contributed by atoms with Gasteiger partial charge in [-0.1, -0.05) is 0 Å². The van der Waals surface area contributed by atoms with Crippen molar-refractivity contribution >= 4 is 17.7 Å². The van der Waals surface area contributed by atoms with E-state index < -0.39 is 40.1 Å². The monoisotopic (exact) mass is 194 g/mol. The summed E-state index contributed by atoms with van der Waals surface area (Å²) < 4.78 is 22.2. The van der Waals surface area contributed by atoms with Gasteiger partial charge in [-0.25, -0.2) is 8.42 Å². The van der Waals surface area contributed by atoms with Crippen LogP contribution in [0.1, 0.15) is 0 Å². The standard InChI is InChI=1S/C5H11BO5S/c6-5(3-9)12(10,11)4(1-7)2-8/h4-5,7-9H,1-3H2/t5-/m1/s1. The highest BCUT2D eigenvalue weighted by Crippen LogP contribution is 2.06. The maximum Gasteiger partial charge on any atom is 0.154 e. The summed E-state index contributed by atoms with van der Waals surface area (Å²) in [7, 11) is 1.22. The van der Waals surface area contributed by atoms with E-state index in [1.54, 1.807) is 0 Å². The third kappa shape index (κ3) is 2.44. The van der Waals surface area contributed by atoms with Crippen LogP contribution in [0.2, 0.25) is 0 Å². The van der Waals surface area contributed by atoms with Gasteiger partial charge in [-0.05, 0) is 0 Å². The van der Waals surface area contributed by atoms with Crippen LogP contribution in [0.4, 0.5) is 0 Å². The van der Waals surface area contributed by atoms with Gasteiger partial charge in [0.25, 0.3) is 0 Å². The van der Waals surface area contributed by atoms with E-state index in [0.717, 1.165) is 0 Å². The van der Waals surface area contributed by atoms with Crippen LogP contribution in [0, 0.1) is 0 Å². The fourth-order valence-corrected chi connectivity index (χ4v) is 1.73. The minimum Gasteiger partial charge on any atom is -0.396 e. The van der Waals surface area contributed by atoms with Crippen LogP contribution in [-0.2, 0) is 9.84 Å². The molecule has 0 aromatic carbocycles. The molecule has 0 aromatic heterocycles. The topological polar surface area (TPSA) is 94.8 Å². The van der Waals surface area contributed by atoms with E-state index >= 15 is 0 Å². The van der Waals surface area contributed by atoms with Gasteiger partial charge in [0.1, 0.15) is 5.25 Å². The summed E-state index contributed by atoms with van der Waals surface area (Å²) in [6.07, 6.45) is 0. The lowest BCUT2D eigenvalue weighted by Gasteiger charge is -2.16. The minimum atomic E-state index is -3.82. The molecule has 7 heteroatoms. The molecule has 0 amide bonds. The zero-order chi connectivity index (χ0) is 9.78. The Morgan fingerprint density at radius 3 is 1.75 bits per heavy atom. The van der Waals surface area contributed by atoms with Crippen LogP contribution >= 0.6 is 0 Å². The second kappa shape index (κ2) is 4.81. The molecule has 0 aliphatic rings. The van der Waals surface area contributed by atoms with E-state index in [0.29, 0.717) is 0 Å². The molecule has 70 valence electrons. The smallest absolute Gasteiger partial charge is 0.154 e. The van der Waals surface area contributed by atoms with E-state index in [1.165, 1.54) is 0 Å². The van der Waals surface area contributed by atoms with Gasteiger partial charge in [0.05, 0.1) is 27.7 Å². The highest BCUT2D eigenvalue weighted by molar-refractivity contribution is 7.93. The first-order valence-electron chi connectivity index (χ1n) is 3.31. The Morgan fingerprint density at radius 1 is 1.08 bits per heavy atom. The van der Waals surface area contributed by atoms with Gasteiger partial charge < -0.3 is 15.3 Å². The summed E-state index contributed by atoms with van der Waals surface area (Å²) in [4.78, 5) is 0. The molecule has 0 bridgehead atoms. The van der Waals surface area contributed by atoms with Crippen molar-refractivity contribution in [2.75, 3.05) is 19.8 Å². The van der Waals surface area contributed by atoms with Crippen molar-refractivity contribution in [2.24, 2.45) is 0 Å². The molecule has 12 heavy (non-hydrogen) atoms. The third-order valence-corrected chi connectivity index (χ3v) is 3.69. The van der Waals surface area contributed by atoms with E-state index in [2.05, 4.69) is 0 Å². The van der Waals surface area contributed by atoms with Crippen LogP contribution < -0.4 is 0 Å². The van der Waals surface area contributed by atoms with Crippen LogP contribution in [0.15, 0.2) is 0 Å². The number of aliphatic hydroxyl groups is 3. The summed E-state index contributed by atoms with van der Waals surface area (Å²) in [5, 5.41) is 22.8. The van der Waals surface area contributed by atoms with Crippen molar-refractivity contribution in [3.8, 4) is 0 Å². The van der Waals surface area contributed by atoms with Crippen LogP contribution in [0.25, 0.3) is 0 Å². The van der Waals surface area contributed by atoms with Crippen molar-refractivity contribution in [1.82, 2.24) is 0 Å². The Labute approximate surface area is 72.4 Å². The van der Waals surface area contributed by atoms with Gasteiger partial charge in [0, 0.05) is 5.15 Å². The van der Waals surface area contributed by atoms with Gasteiger partial charge >= 0.3 is 0 Å². The third-order valence-electron chi connectivity index (χ3n) is 1.47. The van der Waals surface area contributed by atoms with E-state index in [9.17, 15) is 8.42 Å². The van der Waals surface area contributed by atoms with Crippen LogP contribution in [0.3, 0.4) is 0 Å². The van der Waals surface area contributed by atoms with Crippen molar-refractivity contribution in [2.45, 2.75) is 10.4 Å². The second-order valence-corrected chi connectivity index (χ2v) is 4.75. The molecule has 0 aliphatic heterocycles. The highest BCUT2D eigenvalue weighted by atomic mass is 32.2. The first-order valence-corrected chi connectivity index (χ1v) is 4.92. The Morgan fingerprint density at radius 2 is 1.50 bits per heavy atom. The molecule has 1 atom stereocenters. The van der Waals surface area contributed by atoms with E-state index in [1.807, 2.05) is 0 Å². The van der Waals surface area contributed by atoms with Gasteiger partial charge in [-0.3, -0.25) is 0 Å². The molecule has 0 spiro atoms. The number of rotatable bonds is 5. The zero-order valence-electron chi connectivity index (χ0n) is 6.42. The Hall–Kier alpha value is -0.105. The second-order valence-electron chi connectivity index (χ2n) is 2.30. The lowest BCUT2D eigenvalue weighted by atomic mass is 10.1. The molecule has 0 unspecified atom stereocenters. The van der Waals surface area contributed by atoms with Crippen molar-refractivity contribution in [1.29, 1.82) is 0 Å². The molecule has 0 rings (SSSR count). The fourth-order valence-electron chi connectivity index (χ4n) is 0.617. The molecule has 0 aliphatic carbocycles. The molecular weight excluding hydrogens is 183 g/mol. The summed E-state index contributed by atoms with van der Waals surface area (Å²) in [5.74, 6) is 0. The molecule has 5 nitrogen and oxygen atoms in total. The number of aliphatic hydroxyl groups excluding tert-OH is 3. The van der Waals surface area contributed by atoms with Crippen LogP contribution in [0.5, 0.6) is 0 Å². The largest absolute Gasteiger partial charge is 0.396 e. The molecule has 0 saturated carbocycles. The summed E-state index contributed by atoms with van der Waals surface area (Å²) in [6.45, 7) is -2.13.